The Balaban J connectivity index is 1.61. The van der Waals surface area contributed by atoms with E-state index in [1.165, 1.54) is 0 Å². The van der Waals surface area contributed by atoms with Crippen LogP contribution in [0.25, 0.3) is 11.4 Å². The summed E-state index contributed by atoms with van der Waals surface area (Å²) < 4.78 is 26.7. The standard InChI is InChI=1S/C18H25ClN4O2S/c1-18(2,3)26(24,25)23-15-10-6-13(7-11-15)17-20-16(21-22-17)12-4-8-14(19)9-5-12/h4-5,8-9,13,15,23H,6-7,10-11H2,1-3H3,(H,20,21,22). The maximum absolute atomic E-state index is 12.3. The van der Waals surface area contributed by atoms with E-state index in [4.69, 9.17) is 11.6 Å². The van der Waals surface area contributed by atoms with Gasteiger partial charge in [-0.1, -0.05) is 11.6 Å². The summed E-state index contributed by atoms with van der Waals surface area (Å²) in [4.78, 5) is 4.62. The molecule has 0 radical (unpaired) electrons. The van der Waals surface area contributed by atoms with Crippen molar-refractivity contribution >= 4 is 21.6 Å². The van der Waals surface area contributed by atoms with Gasteiger partial charge < -0.3 is 0 Å². The first kappa shape index (κ1) is 19.3. The number of sulfonamides is 1. The van der Waals surface area contributed by atoms with Gasteiger partial charge >= 0.3 is 0 Å². The van der Waals surface area contributed by atoms with E-state index in [9.17, 15) is 8.42 Å². The maximum atomic E-state index is 12.3. The molecule has 1 aliphatic carbocycles. The van der Waals surface area contributed by atoms with Gasteiger partial charge in [0.2, 0.25) is 10.0 Å². The molecule has 0 unspecified atom stereocenters. The normalized spacial score (nSPS) is 21.7. The van der Waals surface area contributed by atoms with Crippen LogP contribution in [0, 0.1) is 0 Å². The monoisotopic (exact) mass is 396 g/mol. The second kappa shape index (κ2) is 7.29. The van der Waals surface area contributed by atoms with Gasteiger partial charge in [-0.2, -0.15) is 5.10 Å². The summed E-state index contributed by atoms with van der Waals surface area (Å²) in [6.07, 6.45) is 3.37. The average molecular weight is 397 g/mol. The van der Waals surface area contributed by atoms with E-state index in [0.717, 1.165) is 37.1 Å². The van der Waals surface area contributed by atoms with E-state index in [0.29, 0.717) is 10.8 Å². The zero-order chi connectivity index (χ0) is 18.9. The Bertz CT molecular complexity index is 848. The number of aromatic nitrogens is 3. The Labute approximate surface area is 159 Å². The number of hydrogen-bond acceptors (Lipinski definition) is 4. The van der Waals surface area contributed by atoms with Crippen molar-refractivity contribution in [3.05, 3.63) is 35.1 Å². The van der Waals surface area contributed by atoms with Crippen molar-refractivity contribution in [2.45, 2.75) is 63.2 Å². The molecule has 1 saturated carbocycles. The third-order valence-corrected chi connectivity index (χ3v) is 7.35. The lowest BCUT2D eigenvalue weighted by molar-refractivity contribution is 0.363. The molecule has 0 bridgehead atoms. The zero-order valence-electron chi connectivity index (χ0n) is 15.3. The number of nitrogens with zero attached hydrogens (tertiary/aromatic N) is 2. The van der Waals surface area contributed by atoms with Crippen molar-refractivity contribution in [3.63, 3.8) is 0 Å². The van der Waals surface area contributed by atoms with Crippen molar-refractivity contribution in [3.8, 4) is 11.4 Å². The van der Waals surface area contributed by atoms with Gasteiger partial charge in [0.15, 0.2) is 5.82 Å². The van der Waals surface area contributed by atoms with Crippen LogP contribution >= 0.6 is 11.6 Å². The second-order valence-corrected chi connectivity index (χ2v) is 10.7. The fourth-order valence-electron chi connectivity index (χ4n) is 3.07. The van der Waals surface area contributed by atoms with Gasteiger partial charge in [-0.3, -0.25) is 5.10 Å². The molecule has 0 saturated heterocycles. The van der Waals surface area contributed by atoms with Gasteiger partial charge in [-0.15, -0.1) is 0 Å². The molecule has 0 atom stereocenters. The lowest BCUT2D eigenvalue weighted by atomic mass is 9.86. The van der Waals surface area contributed by atoms with Crippen LogP contribution in [0.2, 0.25) is 5.02 Å². The molecule has 1 aromatic carbocycles. The van der Waals surface area contributed by atoms with Gasteiger partial charge in [-0.05, 0) is 70.7 Å². The van der Waals surface area contributed by atoms with Crippen molar-refractivity contribution in [2.75, 3.05) is 0 Å². The Hall–Kier alpha value is -1.44. The quantitative estimate of drug-likeness (QED) is 0.821. The smallest absolute Gasteiger partial charge is 0.216 e. The highest BCUT2D eigenvalue weighted by Gasteiger charge is 2.33. The van der Waals surface area contributed by atoms with Gasteiger partial charge in [0.05, 0.1) is 4.75 Å². The molecule has 2 aromatic rings. The molecular formula is C18H25ClN4O2S. The summed E-state index contributed by atoms with van der Waals surface area (Å²) >= 11 is 5.92. The molecule has 0 aliphatic heterocycles. The topological polar surface area (TPSA) is 87.7 Å². The molecule has 1 heterocycles. The second-order valence-electron chi connectivity index (χ2n) is 7.83. The highest BCUT2D eigenvalue weighted by atomic mass is 35.5. The number of aromatic amines is 1. The minimum Gasteiger partial charge on any atom is -0.262 e. The van der Waals surface area contributed by atoms with E-state index in [-0.39, 0.29) is 12.0 Å². The van der Waals surface area contributed by atoms with E-state index >= 15 is 0 Å². The minimum absolute atomic E-state index is 0.00543. The van der Waals surface area contributed by atoms with Crippen LogP contribution in [0.15, 0.2) is 24.3 Å². The van der Waals surface area contributed by atoms with Crippen LogP contribution in [0.4, 0.5) is 0 Å². The average Bonchev–Trinajstić information content (AvgIpc) is 3.05. The highest BCUT2D eigenvalue weighted by Crippen LogP contribution is 2.32. The number of hydrogen-bond donors (Lipinski definition) is 2. The molecular weight excluding hydrogens is 372 g/mol. The number of benzene rings is 1. The molecule has 8 heteroatoms. The Morgan fingerprint density at radius 3 is 2.31 bits per heavy atom. The lowest BCUT2D eigenvalue weighted by Gasteiger charge is -2.30. The molecule has 3 rings (SSSR count). The van der Waals surface area contributed by atoms with Crippen molar-refractivity contribution < 1.29 is 8.42 Å². The molecule has 142 valence electrons. The Morgan fingerprint density at radius 1 is 1.12 bits per heavy atom. The highest BCUT2D eigenvalue weighted by molar-refractivity contribution is 7.90. The van der Waals surface area contributed by atoms with E-state index < -0.39 is 14.8 Å². The summed E-state index contributed by atoms with van der Waals surface area (Å²) in [5.74, 6) is 1.80. The van der Waals surface area contributed by atoms with Crippen molar-refractivity contribution in [1.29, 1.82) is 0 Å². The summed E-state index contributed by atoms with van der Waals surface area (Å²) in [6.45, 7) is 5.15. The molecule has 2 N–H and O–H groups in total. The molecule has 6 nitrogen and oxygen atoms in total. The summed E-state index contributed by atoms with van der Waals surface area (Å²) in [5, 5.41) is 8.04. The fraction of sp³-hybridized carbons (Fsp3) is 0.556. The lowest BCUT2D eigenvalue weighted by Crippen LogP contribution is -2.45. The Morgan fingerprint density at radius 2 is 1.73 bits per heavy atom. The van der Waals surface area contributed by atoms with Gasteiger partial charge in [-0.25, -0.2) is 18.1 Å². The first-order chi connectivity index (χ1) is 12.2. The molecule has 1 fully saturated rings. The van der Waals surface area contributed by atoms with Gasteiger partial charge in [0, 0.05) is 22.5 Å². The predicted octanol–water partition coefficient (Wildman–Crippen LogP) is 3.87. The van der Waals surface area contributed by atoms with Gasteiger partial charge in [0.1, 0.15) is 5.82 Å². The van der Waals surface area contributed by atoms with Crippen molar-refractivity contribution in [2.24, 2.45) is 0 Å². The third-order valence-electron chi connectivity index (χ3n) is 4.85. The van der Waals surface area contributed by atoms with Gasteiger partial charge in [0.25, 0.3) is 0 Å². The fourth-order valence-corrected chi connectivity index (χ4v) is 4.22. The largest absolute Gasteiger partial charge is 0.262 e. The van der Waals surface area contributed by atoms with Crippen LogP contribution in [0.1, 0.15) is 58.2 Å². The molecule has 26 heavy (non-hydrogen) atoms. The molecule has 1 aliphatic rings. The SMILES string of the molecule is CC(C)(C)S(=O)(=O)NC1CCC(c2nc(-c3ccc(Cl)cc3)n[nH]2)CC1. The number of nitrogens with one attached hydrogen (secondary N) is 2. The molecule has 0 spiro atoms. The number of rotatable bonds is 4. The van der Waals surface area contributed by atoms with Crippen LogP contribution in [0.3, 0.4) is 0 Å². The predicted molar refractivity (Wildman–Crippen MR) is 104 cm³/mol. The first-order valence-electron chi connectivity index (χ1n) is 8.86. The van der Waals surface area contributed by atoms with Crippen LogP contribution in [-0.4, -0.2) is 34.4 Å². The van der Waals surface area contributed by atoms with Crippen LogP contribution < -0.4 is 4.72 Å². The van der Waals surface area contributed by atoms with Crippen molar-refractivity contribution in [1.82, 2.24) is 19.9 Å². The van der Waals surface area contributed by atoms with Crippen LogP contribution in [0.5, 0.6) is 0 Å². The van der Waals surface area contributed by atoms with E-state index in [1.807, 2.05) is 24.3 Å². The summed E-state index contributed by atoms with van der Waals surface area (Å²) in [5.41, 5.74) is 0.920. The van der Waals surface area contributed by atoms with E-state index in [1.54, 1.807) is 20.8 Å². The third kappa shape index (κ3) is 4.27. The zero-order valence-corrected chi connectivity index (χ0v) is 16.9. The van der Waals surface area contributed by atoms with Crippen LogP contribution in [-0.2, 0) is 10.0 Å². The number of H-pyrrole nitrogens is 1. The summed E-state index contributed by atoms with van der Waals surface area (Å²) in [7, 11) is -3.31. The Kier molecular flexibility index (Phi) is 5.42. The number of halogens is 1. The first-order valence-corrected chi connectivity index (χ1v) is 10.7. The molecule has 1 aromatic heterocycles. The minimum atomic E-state index is -3.31. The van der Waals surface area contributed by atoms with E-state index in [2.05, 4.69) is 19.9 Å². The molecule has 0 amide bonds. The summed E-state index contributed by atoms with van der Waals surface area (Å²) in [6, 6.07) is 7.42. The maximum Gasteiger partial charge on any atom is 0.216 e.